The number of aliphatic carboxylic acids is 1. The van der Waals surface area contributed by atoms with Crippen molar-refractivity contribution < 1.29 is 19.8 Å². The highest BCUT2D eigenvalue weighted by molar-refractivity contribution is 5.96. The number of nitrogen functional groups attached to an aromatic ring is 1. The maximum absolute atomic E-state index is 12.6. The van der Waals surface area contributed by atoms with E-state index in [1.807, 2.05) is 37.3 Å². The van der Waals surface area contributed by atoms with Crippen LogP contribution < -0.4 is 11.1 Å². The molecule has 1 aromatic heterocycles. The molecule has 28 heavy (non-hydrogen) atoms. The number of anilines is 1. The Hall–Kier alpha value is -2.97. The fourth-order valence-electron chi connectivity index (χ4n) is 3.61. The third-order valence-electron chi connectivity index (χ3n) is 5.03. The van der Waals surface area contributed by atoms with Crippen molar-refractivity contribution in [2.75, 3.05) is 5.73 Å². The topological polar surface area (TPSA) is 129 Å². The fraction of sp³-hybridized carbons (Fsp3) is 0.350. The van der Waals surface area contributed by atoms with Crippen molar-refractivity contribution in [3.05, 3.63) is 59.8 Å². The number of carbonyl (C=O) groups excluding carboxylic acids is 1. The standard InChI is InChI=1S/C20H24N4O4/c1-2-15(13-6-4-3-5-7-13)23-20(28)24-17(19(26)27)14(18(24)25)10-12-8-9-22-16(21)11-12/h3-9,11,14-15,17,20,23,28H,2,10H2,1H3,(H2,21,22)(H,26,27). The van der Waals surface area contributed by atoms with Crippen LogP contribution in [0.4, 0.5) is 5.82 Å². The molecule has 1 amide bonds. The van der Waals surface area contributed by atoms with E-state index in [0.29, 0.717) is 12.2 Å². The first-order valence-electron chi connectivity index (χ1n) is 9.16. The highest BCUT2D eigenvalue weighted by Crippen LogP contribution is 2.32. The lowest BCUT2D eigenvalue weighted by molar-refractivity contribution is -0.191. The van der Waals surface area contributed by atoms with Crippen molar-refractivity contribution in [2.45, 2.75) is 38.2 Å². The minimum Gasteiger partial charge on any atom is -0.480 e. The Morgan fingerprint density at radius 3 is 2.64 bits per heavy atom. The molecular weight excluding hydrogens is 360 g/mol. The lowest BCUT2D eigenvalue weighted by Crippen LogP contribution is -2.70. The van der Waals surface area contributed by atoms with Crippen molar-refractivity contribution in [2.24, 2.45) is 5.92 Å². The quantitative estimate of drug-likeness (QED) is 0.397. The highest BCUT2D eigenvalue weighted by Gasteiger charge is 2.54. The zero-order valence-electron chi connectivity index (χ0n) is 15.5. The number of aromatic nitrogens is 1. The molecule has 3 rings (SSSR count). The summed E-state index contributed by atoms with van der Waals surface area (Å²) in [5.41, 5.74) is 7.33. The molecule has 2 aromatic rings. The number of carboxylic acid groups (broad SMARTS) is 1. The third-order valence-corrected chi connectivity index (χ3v) is 5.03. The van der Waals surface area contributed by atoms with Crippen LogP contribution in [0, 0.1) is 5.92 Å². The number of nitrogens with zero attached hydrogens (tertiary/aromatic N) is 2. The number of aliphatic hydroxyl groups excluding tert-OH is 1. The van der Waals surface area contributed by atoms with Gasteiger partial charge in [-0.05, 0) is 36.1 Å². The van der Waals surface area contributed by atoms with Crippen LogP contribution in [0.25, 0.3) is 0 Å². The van der Waals surface area contributed by atoms with Crippen LogP contribution in [0.1, 0.15) is 30.5 Å². The molecule has 0 bridgehead atoms. The number of carbonyl (C=O) groups is 2. The largest absolute Gasteiger partial charge is 0.480 e. The second-order valence-electron chi connectivity index (χ2n) is 6.84. The lowest BCUT2D eigenvalue weighted by atomic mass is 9.82. The second kappa shape index (κ2) is 8.37. The molecule has 0 saturated carbocycles. The zero-order chi connectivity index (χ0) is 20.3. The molecule has 8 heteroatoms. The number of aliphatic hydroxyl groups is 1. The number of likely N-dealkylation sites (tertiary alicyclic amines) is 1. The minimum absolute atomic E-state index is 0.211. The molecule has 148 valence electrons. The van der Waals surface area contributed by atoms with Crippen molar-refractivity contribution in [3.63, 3.8) is 0 Å². The number of nitrogens with one attached hydrogen (secondary N) is 1. The predicted octanol–water partition coefficient (Wildman–Crippen LogP) is 1.13. The first kappa shape index (κ1) is 19.8. The Morgan fingerprint density at radius 1 is 1.32 bits per heavy atom. The van der Waals surface area contributed by atoms with Crippen LogP contribution in [0.15, 0.2) is 48.7 Å². The van der Waals surface area contributed by atoms with Gasteiger partial charge in [-0.1, -0.05) is 37.3 Å². The predicted molar refractivity (Wildman–Crippen MR) is 103 cm³/mol. The Balaban J connectivity index is 1.72. The summed E-state index contributed by atoms with van der Waals surface area (Å²) < 4.78 is 0. The van der Waals surface area contributed by atoms with Gasteiger partial charge in [-0.3, -0.25) is 15.0 Å². The number of hydrogen-bond acceptors (Lipinski definition) is 6. The van der Waals surface area contributed by atoms with Crippen molar-refractivity contribution >= 4 is 17.7 Å². The molecule has 4 unspecified atom stereocenters. The Labute approximate surface area is 163 Å². The summed E-state index contributed by atoms with van der Waals surface area (Å²) in [7, 11) is 0. The van der Waals surface area contributed by atoms with Crippen LogP contribution >= 0.6 is 0 Å². The van der Waals surface area contributed by atoms with E-state index in [4.69, 9.17) is 5.73 Å². The van der Waals surface area contributed by atoms with Gasteiger partial charge in [-0.2, -0.15) is 0 Å². The van der Waals surface area contributed by atoms with E-state index in [9.17, 15) is 19.8 Å². The maximum atomic E-state index is 12.6. The molecule has 0 spiro atoms. The van der Waals surface area contributed by atoms with Gasteiger partial charge in [-0.15, -0.1) is 0 Å². The van der Waals surface area contributed by atoms with E-state index in [2.05, 4.69) is 10.3 Å². The Bertz CT molecular complexity index is 845. The molecule has 2 heterocycles. The van der Waals surface area contributed by atoms with Gasteiger partial charge in [0, 0.05) is 12.2 Å². The zero-order valence-corrected chi connectivity index (χ0v) is 15.5. The molecule has 1 aromatic carbocycles. The molecule has 1 aliphatic rings. The number of rotatable bonds is 8. The SMILES string of the molecule is CCC(NC(O)N1C(=O)C(Cc2ccnc(N)c2)C1C(=O)O)c1ccccc1. The average molecular weight is 384 g/mol. The second-order valence-corrected chi connectivity index (χ2v) is 6.84. The van der Waals surface area contributed by atoms with Gasteiger partial charge in [0.1, 0.15) is 11.9 Å². The molecule has 1 aliphatic heterocycles. The third kappa shape index (κ3) is 3.97. The van der Waals surface area contributed by atoms with E-state index in [-0.39, 0.29) is 12.5 Å². The van der Waals surface area contributed by atoms with Crippen LogP contribution in [0.5, 0.6) is 0 Å². The van der Waals surface area contributed by atoms with Crippen LogP contribution in [0.2, 0.25) is 0 Å². The monoisotopic (exact) mass is 384 g/mol. The maximum Gasteiger partial charge on any atom is 0.327 e. The first-order valence-corrected chi connectivity index (χ1v) is 9.16. The summed E-state index contributed by atoms with van der Waals surface area (Å²) in [5.74, 6) is -2.01. The summed E-state index contributed by atoms with van der Waals surface area (Å²) >= 11 is 0. The van der Waals surface area contributed by atoms with Crippen LogP contribution in [-0.4, -0.2) is 44.4 Å². The first-order chi connectivity index (χ1) is 13.4. The molecule has 8 nitrogen and oxygen atoms in total. The number of β-lactam (4-membered cyclic amide) rings is 1. The van der Waals surface area contributed by atoms with Gasteiger partial charge in [-0.25, -0.2) is 9.78 Å². The highest BCUT2D eigenvalue weighted by atomic mass is 16.4. The van der Waals surface area contributed by atoms with Gasteiger partial charge in [0.05, 0.1) is 5.92 Å². The summed E-state index contributed by atoms with van der Waals surface area (Å²) in [4.78, 5) is 29.3. The molecule has 0 radical (unpaired) electrons. The summed E-state index contributed by atoms with van der Waals surface area (Å²) in [6, 6.07) is 11.5. The van der Waals surface area contributed by atoms with Gasteiger partial charge in [0.25, 0.3) is 0 Å². The van der Waals surface area contributed by atoms with E-state index < -0.39 is 30.2 Å². The molecule has 5 N–H and O–H groups in total. The van der Waals surface area contributed by atoms with Crippen molar-refractivity contribution in [1.82, 2.24) is 15.2 Å². The fourth-order valence-corrected chi connectivity index (χ4v) is 3.61. The normalized spacial score (nSPS) is 21.1. The van der Waals surface area contributed by atoms with Gasteiger partial charge in [0.15, 0.2) is 6.35 Å². The number of nitrogens with two attached hydrogens (primary N) is 1. The molecule has 4 atom stereocenters. The lowest BCUT2D eigenvalue weighted by Gasteiger charge is -2.47. The number of pyridine rings is 1. The van der Waals surface area contributed by atoms with E-state index in [0.717, 1.165) is 16.0 Å². The van der Waals surface area contributed by atoms with E-state index in [1.165, 1.54) is 6.20 Å². The van der Waals surface area contributed by atoms with Gasteiger partial charge < -0.3 is 15.9 Å². The van der Waals surface area contributed by atoms with Crippen molar-refractivity contribution in [1.29, 1.82) is 0 Å². The number of amides is 1. The van der Waals surface area contributed by atoms with Crippen molar-refractivity contribution in [3.8, 4) is 0 Å². The van der Waals surface area contributed by atoms with E-state index in [1.54, 1.807) is 12.1 Å². The molecule has 1 fully saturated rings. The summed E-state index contributed by atoms with van der Waals surface area (Å²) in [5, 5.41) is 23.1. The number of hydrogen-bond donors (Lipinski definition) is 4. The number of benzene rings is 1. The Morgan fingerprint density at radius 2 is 2.04 bits per heavy atom. The van der Waals surface area contributed by atoms with Gasteiger partial charge >= 0.3 is 5.97 Å². The average Bonchev–Trinajstić information content (AvgIpc) is 2.68. The van der Waals surface area contributed by atoms with Gasteiger partial charge in [0.2, 0.25) is 5.91 Å². The van der Waals surface area contributed by atoms with Crippen LogP contribution in [0.3, 0.4) is 0 Å². The molecule has 1 saturated heterocycles. The molecular formula is C20H24N4O4. The van der Waals surface area contributed by atoms with Crippen LogP contribution in [-0.2, 0) is 16.0 Å². The minimum atomic E-state index is -1.39. The van der Waals surface area contributed by atoms with E-state index >= 15 is 0 Å². The molecule has 0 aliphatic carbocycles. The number of carboxylic acids is 1. The smallest absolute Gasteiger partial charge is 0.327 e. The Kier molecular flexibility index (Phi) is 5.91. The summed E-state index contributed by atoms with van der Waals surface area (Å²) in [6.07, 6.45) is 1.02. The summed E-state index contributed by atoms with van der Waals surface area (Å²) in [6.45, 7) is 1.95.